The van der Waals surface area contributed by atoms with E-state index in [4.69, 9.17) is 16.2 Å². The number of alkyl carbamates (subject to hydrolysis) is 1. The zero-order valence-electron chi connectivity index (χ0n) is 10.2. The van der Waals surface area contributed by atoms with Crippen molar-refractivity contribution < 1.29 is 14.3 Å². The fourth-order valence-electron chi connectivity index (χ4n) is 1.41. The number of nitrogens with one attached hydrogen (secondary N) is 1. The van der Waals surface area contributed by atoms with Crippen LogP contribution in [-0.2, 0) is 11.2 Å². The van der Waals surface area contributed by atoms with Crippen molar-refractivity contribution in [3.05, 3.63) is 35.4 Å². The molecule has 0 bridgehead atoms. The van der Waals surface area contributed by atoms with Crippen LogP contribution in [0, 0.1) is 6.92 Å². The van der Waals surface area contributed by atoms with Crippen LogP contribution in [-0.4, -0.2) is 24.8 Å². The highest BCUT2D eigenvalue weighted by molar-refractivity contribution is 5.89. The number of nitrogens with two attached hydrogens (primary N) is 2. The number of imide groups is 1. The first-order valence-electron chi connectivity index (χ1n) is 5.51. The van der Waals surface area contributed by atoms with E-state index in [1.807, 2.05) is 31.2 Å². The summed E-state index contributed by atoms with van der Waals surface area (Å²) in [5.41, 5.74) is 12.8. The minimum Gasteiger partial charge on any atom is -0.448 e. The van der Waals surface area contributed by atoms with Crippen LogP contribution >= 0.6 is 0 Å². The third kappa shape index (κ3) is 5.31. The normalized spacial score (nSPS) is 11.7. The van der Waals surface area contributed by atoms with Gasteiger partial charge in [-0.1, -0.05) is 29.8 Å². The van der Waals surface area contributed by atoms with Crippen LogP contribution < -0.4 is 16.8 Å². The number of ether oxygens (including phenoxy) is 1. The summed E-state index contributed by atoms with van der Waals surface area (Å²) in [5.74, 6) is 0. The van der Waals surface area contributed by atoms with E-state index in [1.165, 1.54) is 5.56 Å². The number of urea groups is 1. The fourth-order valence-corrected chi connectivity index (χ4v) is 1.41. The summed E-state index contributed by atoms with van der Waals surface area (Å²) in [6, 6.07) is 6.64. The topological polar surface area (TPSA) is 107 Å². The maximum Gasteiger partial charge on any atom is 0.415 e. The monoisotopic (exact) mass is 251 g/mol. The molecule has 0 radical (unpaired) electrons. The summed E-state index contributed by atoms with van der Waals surface area (Å²) >= 11 is 0. The summed E-state index contributed by atoms with van der Waals surface area (Å²) in [6.45, 7) is 2.02. The molecule has 0 saturated heterocycles. The number of amides is 3. The van der Waals surface area contributed by atoms with Crippen LogP contribution in [0.5, 0.6) is 0 Å². The van der Waals surface area contributed by atoms with Crippen molar-refractivity contribution in [2.45, 2.75) is 19.4 Å². The van der Waals surface area contributed by atoms with Gasteiger partial charge in [0.25, 0.3) is 0 Å². The maximum absolute atomic E-state index is 11.0. The van der Waals surface area contributed by atoms with Crippen molar-refractivity contribution in [3.63, 3.8) is 0 Å². The van der Waals surface area contributed by atoms with Crippen molar-refractivity contribution in [2.75, 3.05) is 6.61 Å². The van der Waals surface area contributed by atoms with Crippen LogP contribution in [0.2, 0.25) is 0 Å². The van der Waals surface area contributed by atoms with Crippen molar-refractivity contribution in [1.29, 1.82) is 0 Å². The number of benzene rings is 1. The largest absolute Gasteiger partial charge is 0.448 e. The van der Waals surface area contributed by atoms with Gasteiger partial charge in [0.2, 0.25) is 0 Å². The zero-order chi connectivity index (χ0) is 13.5. The van der Waals surface area contributed by atoms with E-state index in [-0.39, 0.29) is 12.6 Å². The third-order valence-corrected chi connectivity index (χ3v) is 2.27. The molecular formula is C12H17N3O3. The van der Waals surface area contributed by atoms with E-state index in [9.17, 15) is 9.59 Å². The number of aryl methyl sites for hydroxylation is 1. The Morgan fingerprint density at radius 3 is 2.50 bits per heavy atom. The zero-order valence-corrected chi connectivity index (χ0v) is 10.2. The summed E-state index contributed by atoms with van der Waals surface area (Å²) in [7, 11) is 0. The first kappa shape index (κ1) is 14.0. The van der Waals surface area contributed by atoms with E-state index in [2.05, 4.69) is 0 Å². The van der Waals surface area contributed by atoms with Crippen LogP contribution in [0.1, 0.15) is 11.1 Å². The van der Waals surface area contributed by atoms with Crippen molar-refractivity contribution >= 4 is 12.1 Å². The van der Waals surface area contributed by atoms with Gasteiger partial charge in [-0.3, -0.25) is 0 Å². The first-order valence-corrected chi connectivity index (χ1v) is 5.51. The van der Waals surface area contributed by atoms with E-state index >= 15 is 0 Å². The summed E-state index contributed by atoms with van der Waals surface area (Å²) in [4.78, 5) is 21.3. The first-order chi connectivity index (χ1) is 8.47. The number of carbonyl (C=O) groups is 2. The predicted octanol–water partition coefficient (Wildman–Crippen LogP) is 0.670. The average Bonchev–Trinajstić information content (AvgIpc) is 2.29. The second-order valence-electron chi connectivity index (χ2n) is 4.04. The van der Waals surface area contributed by atoms with Gasteiger partial charge in [-0.15, -0.1) is 0 Å². The molecule has 6 nitrogen and oxygen atoms in total. The van der Waals surface area contributed by atoms with Gasteiger partial charge in [-0.2, -0.15) is 0 Å². The van der Waals surface area contributed by atoms with E-state index in [0.717, 1.165) is 5.56 Å². The molecule has 0 saturated carbocycles. The van der Waals surface area contributed by atoms with Gasteiger partial charge in [0.1, 0.15) is 6.61 Å². The smallest absolute Gasteiger partial charge is 0.415 e. The molecule has 0 spiro atoms. The second-order valence-corrected chi connectivity index (χ2v) is 4.04. The Labute approximate surface area is 105 Å². The van der Waals surface area contributed by atoms with Gasteiger partial charge in [0, 0.05) is 6.04 Å². The Hall–Kier alpha value is -2.08. The second kappa shape index (κ2) is 6.61. The minimum absolute atomic E-state index is 0.0208. The molecule has 98 valence electrons. The molecule has 0 aliphatic heterocycles. The number of rotatable bonds is 4. The molecular weight excluding hydrogens is 234 g/mol. The highest BCUT2D eigenvalue weighted by Crippen LogP contribution is 2.05. The lowest BCUT2D eigenvalue weighted by Gasteiger charge is -2.12. The van der Waals surface area contributed by atoms with E-state index in [0.29, 0.717) is 6.42 Å². The van der Waals surface area contributed by atoms with Crippen molar-refractivity contribution in [1.82, 2.24) is 5.32 Å². The van der Waals surface area contributed by atoms with Gasteiger partial charge >= 0.3 is 12.1 Å². The van der Waals surface area contributed by atoms with Crippen LogP contribution in [0.25, 0.3) is 0 Å². The van der Waals surface area contributed by atoms with Crippen molar-refractivity contribution in [3.8, 4) is 0 Å². The molecule has 1 unspecified atom stereocenters. The number of hydrogen-bond donors (Lipinski definition) is 3. The Bertz CT molecular complexity index is 417. The Kier molecular flexibility index (Phi) is 5.13. The summed E-state index contributed by atoms with van der Waals surface area (Å²) in [5, 5.41) is 1.79. The minimum atomic E-state index is -0.952. The Morgan fingerprint density at radius 1 is 1.33 bits per heavy atom. The predicted molar refractivity (Wildman–Crippen MR) is 66.9 cm³/mol. The van der Waals surface area contributed by atoms with Gasteiger partial charge in [0.15, 0.2) is 0 Å². The van der Waals surface area contributed by atoms with Gasteiger partial charge in [-0.05, 0) is 18.9 Å². The molecule has 0 aromatic heterocycles. The van der Waals surface area contributed by atoms with E-state index < -0.39 is 12.1 Å². The summed E-state index contributed by atoms with van der Waals surface area (Å²) in [6.07, 6.45) is -0.300. The lowest BCUT2D eigenvalue weighted by molar-refractivity contribution is 0.140. The molecule has 1 atom stereocenters. The van der Waals surface area contributed by atoms with Crippen LogP contribution in [0.3, 0.4) is 0 Å². The highest BCUT2D eigenvalue weighted by Gasteiger charge is 2.09. The molecule has 5 N–H and O–H groups in total. The Balaban J connectivity index is 2.33. The number of carbonyl (C=O) groups excluding carboxylic acids is 2. The Morgan fingerprint density at radius 2 is 1.94 bits per heavy atom. The lowest BCUT2D eigenvalue weighted by atomic mass is 10.1. The third-order valence-electron chi connectivity index (χ3n) is 2.27. The molecule has 1 rings (SSSR count). The summed E-state index contributed by atoms with van der Waals surface area (Å²) < 4.78 is 4.73. The quantitative estimate of drug-likeness (QED) is 0.730. The maximum atomic E-state index is 11.0. The molecule has 18 heavy (non-hydrogen) atoms. The fraction of sp³-hybridized carbons (Fsp3) is 0.333. The van der Waals surface area contributed by atoms with Crippen LogP contribution in [0.4, 0.5) is 9.59 Å². The van der Waals surface area contributed by atoms with Crippen LogP contribution in [0.15, 0.2) is 24.3 Å². The molecule has 0 heterocycles. The van der Waals surface area contributed by atoms with Crippen molar-refractivity contribution in [2.24, 2.45) is 11.5 Å². The molecule has 0 aliphatic carbocycles. The molecule has 1 aromatic rings. The van der Waals surface area contributed by atoms with E-state index in [1.54, 1.807) is 5.32 Å². The molecule has 0 aliphatic rings. The molecule has 6 heteroatoms. The number of primary amides is 1. The number of hydrogen-bond acceptors (Lipinski definition) is 4. The molecule has 1 aromatic carbocycles. The molecule has 0 fully saturated rings. The highest BCUT2D eigenvalue weighted by atomic mass is 16.5. The standard InChI is InChI=1S/C12H17N3O3/c1-8-2-4-9(5-3-8)6-10(13)7-18-12(17)15-11(14)16/h2-5,10H,6-7,13H2,1H3,(H3,14,15,16,17). The van der Waals surface area contributed by atoms with Gasteiger partial charge in [0.05, 0.1) is 0 Å². The average molecular weight is 251 g/mol. The molecule has 3 amide bonds. The van der Waals surface area contributed by atoms with Gasteiger partial charge in [-0.25, -0.2) is 14.9 Å². The van der Waals surface area contributed by atoms with Gasteiger partial charge < -0.3 is 16.2 Å². The lowest BCUT2D eigenvalue weighted by Crippen LogP contribution is -2.38. The SMILES string of the molecule is Cc1ccc(CC(N)COC(=O)NC(N)=O)cc1.